The van der Waals surface area contributed by atoms with Crippen molar-refractivity contribution in [2.75, 3.05) is 32.0 Å². The highest BCUT2D eigenvalue weighted by atomic mass is 16.5. The predicted octanol–water partition coefficient (Wildman–Crippen LogP) is 2.54. The number of hydrogen-bond acceptors (Lipinski definition) is 4. The Hall–Kier alpha value is -1.26. The van der Waals surface area contributed by atoms with E-state index in [4.69, 9.17) is 15.2 Å². The molecule has 4 nitrogen and oxygen atoms in total. The molecule has 0 spiro atoms. The molecule has 0 amide bonds. The molecule has 0 aliphatic carbocycles. The van der Waals surface area contributed by atoms with E-state index >= 15 is 0 Å². The van der Waals surface area contributed by atoms with E-state index < -0.39 is 0 Å². The van der Waals surface area contributed by atoms with Gasteiger partial charge in [0.15, 0.2) is 0 Å². The van der Waals surface area contributed by atoms with Crippen LogP contribution in [0, 0.1) is 0 Å². The third-order valence-electron chi connectivity index (χ3n) is 3.30. The summed E-state index contributed by atoms with van der Waals surface area (Å²) < 4.78 is 11.8. The van der Waals surface area contributed by atoms with Gasteiger partial charge < -0.3 is 15.2 Å². The summed E-state index contributed by atoms with van der Waals surface area (Å²) >= 11 is 0. The smallest absolute Gasteiger partial charge is 0.121 e. The van der Waals surface area contributed by atoms with Gasteiger partial charge >= 0.3 is 0 Å². The van der Waals surface area contributed by atoms with Crippen molar-refractivity contribution in [1.82, 2.24) is 4.90 Å². The van der Waals surface area contributed by atoms with Crippen LogP contribution >= 0.6 is 0 Å². The molecule has 1 aliphatic rings. The maximum absolute atomic E-state index is 6.07. The molecule has 0 bridgehead atoms. The van der Waals surface area contributed by atoms with Crippen LogP contribution in [0.4, 0.5) is 5.69 Å². The highest BCUT2D eigenvalue weighted by molar-refractivity contribution is 5.43. The molecule has 2 N–H and O–H groups in total. The van der Waals surface area contributed by atoms with Crippen molar-refractivity contribution < 1.29 is 9.47 Å². The number of ether oxygens (including phenoxy) is 2. The molecule has 1 heterocycles. The molecule has 0 radical (unpaired) electrons. The van der Waals surface area contributed by atoms with E-state index in [2.05, 4.69) is 32.6 Å². The molecule has 20 heavy (non-hydrogen) atoms. The van der Waals surface area contributed by atoms with E-state index in [1.54, 1.807) is 0 Å². The number of nitrogens with two attached hydrogens (primary N) is 1. The predicted molar refractivity (Wildman–Crippen MR) is 82.0 cm³/mol. The van der Waals surface area contributed by atoms with Crippen molar-refractivity contribution in [3.05, 3.63) is 24.3 Å². The monoisotopic (exact) mass is 278 g/mol. The van der Waals surface area contributed by atoms with Gasteiger partial charge in [-0.2, -0.15) is 0 Å². The summed E-state index contributed by atoms with van der Waals surface area (Å²) in [6.45, 7) is 12.0. The van der Waals surface area contributed by atoms with Crippen LogP contribution in [0.15, 0.2) is 24.3 Å². The molecule has 1 aromatic rings. The second kappa shape index (κ2) is 5.62. The quantitative estimate of drug-likeness (QED) is 0.860. The van der Waals surface area contributed by atoms with Crippen LogP contribution in [-0.4, -0.2) is 42.3 Å². The molecular weight excluding hydrogens is 252 g/mol. The molecule has 1 aliphatic heterocycles. The molecule has 4 heteroatoms. The lowest BCUT2D eigenvalue weighted by Crippen LogP contribution is -2.57. The summed E-state index contributed by atoms with van der Waals surface area (Å²) in [5.74, 6) is 0.830. The first-order chi connectivity index (χ1) is 9.26. The maximum Gasteiger partial charge on any atom is 0.121 e. The molecule has 1 saturated heterocycles. The summed E-state index contributed by atoms with van der Waals surface area (Å²) in [4.78, 5) is 2.40. The zero-order valence-electron chi connectivity index (χ0n) is 13.0. The Kier molecular flexibility index (Phi) is 4.25. The topological polar surface area (TPSA) is 47.7 Å². The summed E-state index contributed by atoms with van der Waals surface area (Å²) in [5.41, 5.74) is 6.25. The average molecular weight is 278 g/mol. The minimum absolute atomic E-state index is 0.112. The van der Waals surface area contributed by atoms with Crippen molar-refractivity contribution in [2.45, 2.75) is 38.9 Å². The molecule has 1 aromatic carbocycles. The number of rotatable bonds is 4. The highest BCUT2D eigenvalue weighted by Crippen LogP contribution is 2.27. The molecule has 0 atom stereocenters. The van der Waals surface area contributed by atoms with Gasteiger partial charge in [0.1, 0.15) is 12.4 Å². The maximum atomic E-state index is 6.07. The van der Waals surface area contributed by atoms with Crippen LogP contribution in [0.1, 0.15) is 27.7 Å². The van der Waals surface area contributed by atoms with Crippen LogP contribution < -0.4 is 10.5 Å². The zero-order chi connectivity index (χ0) is 14.8. The first-order valence-electron chi connectivity index (χ1n) is 7.17. The highest BCUT2D eigenvalue weighted by Gasteiger charge is 2.37. The second-order valence-corrected chi connectivity index (χ2v) is 6.75. The normalized spacial score (nSPS) is 21.6. The van der Waals surface area contributed by atoms with Gasteiger partial charge in [0.2, 0.25) is 0 Å². The van der Waals surface area contributed by atoms with Gasteiger partial charge in [0.05, 0.1) is 11.2 Å². The fraction of sp³-hybridized carbons (Fsp3) is 0.625. The molecular formula is C16H26N2O2. The Balaban J connectivity index is 1.84. The number of hydrogen-bond donors (Lipinski definition) is 1. The SMILES string of the molecule is CC1(C)CN(CCOc2cccc(N)c2)CC(C)(C)O1. The van der Waals surface area contributed by atoms with Gasteiger partial charge in [0.25, 0.3) is 0 Å². The van der Waals surface area contributed by atoms with Gasteiger partial charge in [-0.3, -0.25) is 4.90 Å². The summed E-state index contributed by atoms with van der Waals surface area (Å²) in [6, 6.07) is 7.56. The lowest BCUT2D eigenvalue weighted by Gasteiger charge is -2.47. The van der Waals surface area contributed by atoms with Gasteiger partial charge in [-0.05, 0) is 39.8 Å². The van der Waals surface area contributed by atoms with Crippen LogP contribution in [-0.2, 0) is 4.74 Å². The van der Waals surface area contributed by atoms with Crippen molar-refractivity contribution in [1.29, 1.82) is 0 Å². The average Bonchev–Trinajstić information content (AvgIpc) is 2.24. The largest absolute Gasteiger partial charge is 0.492 e. The van der Waals surface area contributed by atoms with E-state index in [0.29, 0.717) is 6.61 Å². The molecule has 2 rings (SSSR count). The zero-order valence-corrected chi connectivity index (χ0v) is 13.0. The molecule has 0 aromatic heterocycles. The van der Waals surface area contributed by atoms with Crippen molar-refractivity contribution in [3.63, 3.8) is 0 Å². The third-order valence-corrected chi connectivity index (χ3v) is 3.30. The van der Waals surface area contributed by atoms with Crippen molar-refractivity contribution >= 4 is 5.69 Å². The molecule has 112 valence electrons. The van der Waals surface area contributed by atoms with Crippen LogP contribution in [0.3, 0.4) is 0 Å². The molecule has 1 fully saturated rings. The standard InChI is InChI=1S/C16H26N2O2/c1-15(2)11-18(12-16(3,4)20-15)8-9-19-14-7-5-6-13(17)10-14/h5-7,10H,8-9,11-12,17H2,1-4H3. The third kappa shape index (κ3) is 4.39. The molecule has 0 saturated carbocycles. The summed E-state index contributed by atoms with van der Waals surface area (Å²) in [6.07, 6.45) is 0. The Morgan fingerprint density at radius 1 is 1.20 bits per heavy atom. The number of anilines is 1. The van der Waals surface area contributed by atoms with Gasteiger partial charge in [-0.1, -0.05) is 6.07 Å². The van der Waals surface area contributed by atoms with Crippen LogP contribution in [0.2, 0.25) is 0 Å². The van der Waals surface area contributed by atoms with E-state index in [9.17, 15) is 0 Å². The van der Waals surface area contributed by atoms with Crippen LogP contribution in [0.5, 0.6) is 5.75 Å². The Morgan fingerprint density at radius 2 is 1.85 bits per heavy atom. The Morgan fingerprint density at radius 3 is 2.45 bits per heavy atom. The second-order valence-electron chi connectivity index (χ2n) is 6.75. The lowest BCUT2D eigenvalue weighted by atomic mass is 9.99. The Labute approximate surface area is 121 Å². The summed E-state index contributed by atoms with van der Waals surface area (Å²) in [7, 11) is 0. The number of morpholine rings is 1. The minimum Gasteiger partial charge on any atom is -0.492 e. The minimum atomic E-state index is -0.112. The summed E-state index contributed by atoms with van der Waals surface area (Å²) in [5, 5.41) is 0. The first-order valence-corrected chi connectivity index (χ1v) is 7.17. The molecule has 0 unspecified atom stereocenters. The number of nitrogens with zero attached hydrogens (tertiary/aromatic N) is 1. The lowest BCUT2D eigenvalue weighted by molar-refractivity contribution is -0.181. The fourth-order valence-electron chi connectivity index (χ4n) is 3.00. The fourth-order valence-corrected chi connectivity index (χ4v) is 3.00. The van der Waals surface area contributed by atoms with Crippen LogP contribution in [0.25, 0.3) is 0 Å². The number of benzene rings is 1. The van der Waals surface area contributed by atoms with E-state index in [1.807, 2.05) is 24.3 Å². The van der Waals surface area contributed by atoms with E-state index in [0.717, 1.165) is 31.1 Å². The van der Waals surface area contributed by atoms with Crippen molar-refractivity contribution in [3.8, 4) is 5.75 Å². The van der Waals surface area contributed by atoms with E-state index in [1.165, 1.54) is 0 Å². The Bertz CT molecular complexity index is 442. The van der Waals surface area contributed by atoms with E-state index in [-0.39, 0.29) is 11.2 Å². The van der Waals surface area contributed by atoms with Gasteiger partial charge in [-0.25, -0.2) is 0 Å². The van der Waals surface area contributed by atoms with Crippen molar-refractivity contribution in [2.24, 2.45) is 0 Å². The van der Waals surface area contributed by atoms with Gasteiger partial charge in [-0.15, -0.1) is 0 Å². The van der Waals surface area contributed by atoms with Gasteiger partial charge in [0, 0.05) is 31.4 Å². The first kappa shape index (κ1) is 15.1. The number of nitrogen functional groups attached to an aromatic ring is 1.